The van der Waals surface area contributed by atoms with Crippen LogP contribution in [0.15, 0.2) is 83.0 Å². The Labute approximate surface area is 256 Å². The van der Waals surface area contributed by atoms with Crippen molar-refractivity contribution in [1.82, 2.24) is 4.57 Å². The van der Waals surface area contributed by atoms with Crippen LogP contribution in [0.2, 0.25) is 0 Å². The number of halogens is 2. The van der Waals surface area contributed by atoms with Crippen LogP contribution in [-0.2, 0) is 9.53 Å². The molecular formula is C30H26Br2N2O6S. The summed E-state index contributed by atoms with van der Waals surface area (Å²) in [5.74, 6) is 1.69. The molecule has 0 saturated carbocycles. The summed E-state index contributed by atoms with van der Waals surface area (Å²) in [7, 11) is 1.56. The van der Waals surface area contributed by atoms with E-state index in [0.29, 0.717) is 55.8 Å². The maximum atomic E-state index is 13.9. The van der Waals surface area contributed by atoms with Crippen LogP contribution in [0.1, 0.15) is 38.1 Å². The lowest BCUT2D eigenvalue weighted by atomic mass is 9.95. The van der Waals surface area contributed by atoms with Crippen molar-refractivity contribution in [3.8, 4) is 22.8 Å². The fourth-order valence-corrected chi connectivity index (χ4v) is 6.46. The number of nitrogens with zero attached hydrogens (tertiary/aromatic N) is 2. The van der Waals surface area contributed by atoms with Crippen molar-refractivity contribution < 1.29 is 23.4 Å². The van der Waals surface area contributed by atoms with E-state index >= 15 is 0 Å². The van der Waals surface area contributed by atoms with Gasteiger partial charge in [0.25, 0.3) is 5.56 Å². The van der Waals surface area contributed by atoms with Crippen molar-refractivity contribution >= 4 is 55.2 Å². The van der Waals surface area contributed by atoms with Crippen molar-refractivity contribution in [2.45, 2.75) is 26.8 Å². The van der Waals surface area contributed by atoms with E-state index in [0.717, 1.165) is 14.5 Å². The number of allylic oxidation sites excluding steroid dienone is 1. The molecule has 0 fully saturated rings. The van der Waals surface area contributed by atoms with Crippen molar-refractivity contribution in [2.24, 2.45) is 4.99 Å². The normalized spacial score (nSPS) is 15.0. The van der Waals surface area contributed by atoms with Gasteiger partial charge in [0.2, 0.25) is 0 Å². The molecule has 0 N–H and O–H groups in total. The molecule has 2 aromatic heterocycles. The van der Waals surface area contributed by atoms with Gasteiger partial charge in [-0.15, -0.1) is 0 Å². The zero-order chi connectivity index (χ0) is 29.3. The second kappa shape index (κ2) is 12.2. The van der Waals surface area contributed by atoms with E-state index in [1.165, 1.54) is 15.9 Å². The minimum Gasteiger partial charge on any atom is -0.493 e. The van der Waals surface area contributed by atoms with Crippen LogP contribution >= 0.6 is 43.2 Å². The third kappa shape index (κ3) is 5.71. The number of methoxy groups -OCH3 is 1. The highest BCUT2D eigenvalue weighted by atomic mass is 79.9. The Kier molecular flexibility index (Phi) is 8.67. The fraction of sp³-hybridized carbons (Fsp3) is 0.233. The molecule has 0 spiro atoms. The maximum absolute atomic E-state index is 13.9. The first-order valence-corrected chi connectivity index (χ1v) is 15.2. The molecule has 1 aliphatic heterocycles. The Balaban J connectivity index is 1.66. The summed E-state index contributed by atoms with van der Waals surface area (Å²) in [6.07, 6.45) is 1.69. The smallest absolute Gasteiger partial charge is 0.338 e. The highest BCUT2D eigenvalue weighted by Crippen LogP contribution is 2.36. The molecule has 1 aliphatic rings. The molecular weight excluding hydrogens is 676 g/mol. The van der Waals surface area contributed by atoms with Gasteiger partial charge in [-0.05, 0) is 68.8 Å². The highest BCUT2D eigenvalue weighted by molar-refractivity contribution is 9.11. The summed E-state index contributed by atoms with van der Waals surface area (Å²) >= 11 is 8.29. The molecule has 0 amide bonds. The number of esters is 1. The molecule has 41 heavy (non-hydrogen) atoms. The standard InChI is InChI=1S/C30H26Br2N2O6S/c1-5-38-24-13-17(7-11-23(24)37-4)27-26(29(36)39-6-2)16(3)33-30-34(27)28(35)25(41-30)15-19-9-12-22(40-19)20-14-18(31)8-10-21(20)32/h7-15,27H,5-6H2,1-4H3/b25-15+/t27-/m0/s1. The van der Waals surface area contributed by atoms with Gasteiger partial charge < -0.3 is 18.6 Å². The molecule has 11 heteroatoms. The molecule has 212 valence electrons. The quantitative estimate of drug-likeness (QED) is 0.210. The van der Waals surface area contributed by atoms with Gasteiger partial charge in [-0.25, -0.2) is 9.79 Å². The van der Waals surface area contributed by atoms with Gasteiger partial charge in [-0.3, -0.25) is 9.36 Å². The minimum absolute atomic E-state index is 0.189. The Morgan fingerprint density at radius 2 is 1.90 bits per heavy atom. The van der Waals surface area contributed by atoms with Crippen molar-refractivity contribution in [1.29, 1.82) is 0 Å². The monoisotopic (exact) mass is 700 g/mol. The first kappa shape index (κ1) is 29.1. The van der Waals surface area contributed by atoms with Crippen molar-refractivity contribution in [3.05, 3.63) is 99.8 Å². The molecule has 4 aromatic rings. The van der Waals surface area contributed by atoms with Crippen LogP contribution in [0, 0.1) is 0 Å². The van der Waals surface area contributed by atoms with Gasteiger partial charge in [-0.2, -0.15) is 0 Å². The highest BCUT2D eigenvalue weighted by Gasteiger charge is 2.34. The molecule has 0 bridgehead atoms. The number of fused-ring (bicyclic) bond motifs is 1. The van der Waals surface area contributed by atoms with E-state index in [-0.39, 0.29) is 12.2 Å². The van der Waals surface area contributed by atoms with E-state index in [9.17, 15) is 9.59 Å². The molecule has 0 saturated heterocycles. The number of ether oxygens (including phenoxy) is 3. The third-order valence-electron chi connectivity index (χ3n) is 6.41. The first-order chi connectivity index (χ1) is 19.7. The molecule has 0 unspecified atom stereocenters. The Hall–Kier alpha value is -3.41. The van der Waals surface area contributed by atoms with Crippen LogP contribution in [0.3, 0.4) is 0 Å². The number of hydrogen-bond acceptors (Lipinski definition) is 8. The van der Waals surface area contributed by atoms with Gasteiger partial charge >= 0.3 is 5.97 Å². The SMILES string of the molecule is CCOC(=O)C1=C(C)N=c2s/c(=C/c3ccc(-c4cc(Br)ccc4Br)o3)c(=O)n2[C@H]1c1ccc(OC)c(OCC)c1. The van der Waals surface area contributed by atoms with Crippen molar-refractivity contribution in [2.75, 3.05) is 20.3 Å². The summed E-state index contributed by atoms with van der Waals surface area (Å²) in [6.45, 7) is 5.97. The average Bonchev–Trinajstić information content (AvgIpc) is 3.53. The summed E-state index contributed by atoms with van der Waals surface area (Å²) in [6, 6.07) is 14.1. The number of benzene rings is 2. The lowest BCUT2D eigenvalue weighted by molar-refractivity contribution is -0.139. The number of carbonyl (C=O) groups excluding carboxylic acids is 1. The predicted octanol–water partition coefficient (Wildman–Crippen LogP) is 5.99. The zero-order valence-electron chi connectivity index (χ0n) is 22.7. The van der Waals surface area contributed by atoms with E-state index in [1.54, 1.807) is 39.2 Å². The zero-order valence-corrected chi connectivity index (χ0v) is 26.7. The Bertz CT molecular complexity index is 1850. The number of aromatic nitrogens is 1. The van der Waals surface area contributed by atoms with E-state index in [2.05, 4.69) is 36.9 Å². The maximum Gasteiger partial charge on any atom is 0.338 e. The number of furan rings is 1. The average molecular weight is 702 g/mol. The molecule has 1 atom stereocenters. The van der Waals surface area contributed by atoms with E-state index < -0.39 is 12.0 Å². The molecule has 5 rings (SSSR count). The molecule has 8 nitrogen and oxygen atoms in total. The van der Waals surface area contributed by atoms with Gasteiger partial charge in [0.1, 0.15) is 11.5 Å². The van der Waals surface area contributed by atoms with Gasteiger partial charge in [-0.1, -0.05) is 49.3 Å². The van der Waals surface area contributed by atoms with Gasteiger partial charge in [0.05, 0.1) is 42.2 Å². The number of carbonyl (C=O) groups is 1. The number of rotatable bonds is 8. The van der Waals surface area contributed by atoms with Crippen LogP contribution < -0.4 is 24.4 Å². The molecule has 2 aromatic carbocycles. The number of hydrogen-bond donors (Lipinski definition) is 0. The third-order valence-corrected chi connectivity index (χ3v) is 8.58. The fourth-order valence-electron chi connectivity index (χ4n) is 4.63. The van der Waals surface area contributed by atoms with Crippen molar-refractivity contribution in [3.63, 3.8) is 0 Å². The second-order valence-corrected chi connectivity index (χ2v) is 11.8. The van der Waals surface area contributed by atoms with Crippen LogP contribution in [-0.4, -0.2) is 30.9 Å². The lowest BCUT2D eigenvalue weighted by Gasteiger charge is -2.25. The molecule has 0 aliphatic carbocycles. The topological polar surface area (TPSA) is 92.3 Å². The first-order valence-electron chi connectivity index (χ1n) is 12.8. The van der Waals surface area contributed by atoms with Gasteiger partial charge in [0.15, 0.2) is 16.3 Å². The van der Waals surface area contributed by atoms with Crippen LogP contribution in [0.5, 0.6) is 11.5 Å². The summed E-state index contributed by atoms with van der Waals surface area (Å²) in [5.41, 5.74) is 2.01. The molecule has 0 radical (unpaired) electrons. The van der Waals surface area contributed by atoms with E-state index in [4.69, 9.17) is 18.6 Å². The van der Waals surface area contributed by atoms with Gasteiger partial charge in [0, 0.05) is 20.6 Å². The van der Waals surface area contributed by atoms with Crippen LogP contribution in [0.4, 0.5) is 0 Å². The molecule has 3 heterocycles. The summed E-state index contributed by atoms with van der Waals surface area (Å²) in [5, 5.41) is 0. The van der Waals surface area contributed by atoms with E-state index in [1.807, 2.05) is 43.3 Å². The summed E-state index contributed by atoms with van der Waals surface area (Å²) in [4.78, 5) is 32.2. The lowest BCUT2D eigenvalue weighted by Crippen LogP contribution is -2.39. The second-order valence-electron chi connectivity index (χ2n) is 8.97. The minimum atomic E-state index is -0.776. The Morgan fingerprint density at radius 1 is 1.10 bits per heavy atom. The summed E-state index contributed by atoms with van der Waals surface area (Å²) < 4.78 is 26.5. The van der Waals surface area contributed by atoms with Crippen LogP contribution in [0.25, 0.3) is 17.4 Å². The number of thiazole rings is 1. The predicted molar refractivity (Wildman–Crippen MR) is 164 cm³/mol. The largest absolute Gasteiger partial charge is 0.493 e. The Morgan fingerprint density at radius 3 is 2.63 bits per heavy atom.